The quantitative estimate of drug-likeness (QED) is 0.661. The zero-order chi connectivity index (χ0) is 13.0. The highest BCUT2D eigenvalue weighted by Crippen LogP contribution is 2.17. The number of nitrogens with zero attached hydrogens (tertiary/aromatic N) is 1. The molecule has 2 rings (SSSR count). The molecular formula is C14H16N2OS. The first kappa shape index (κ1) is 12.9. The number of H-pyrrole nitrogens is 1. The summed E-state index contributed by atoms with van der Waals surface area (Å²) in [4.78, 5) is 19.0. The number of hydrogen-bond donors (Lipinski definition) is 1. The number of aromatic amines is 1. The van der Waals surface area contributed by atoms with Gasteiger partial charge in [0, 0.05) is 18.0 Å². The summed E-state index contributed by atoms with van der Waals surface area (Å²) in [5, 5.41) is 0.780. The number of nitrogens with one attached hydrogen (secondary N) is 1. The second-order valence-corrected chi connectivity index (χ2v) is 5.35. The van der Waals surface area contributed by atoms with Crippen molar-refractivity contribution >= 4 is 17.5 Å². The molecule has 3 nitrogen and oxygen atoms in total. The molecule has 4 heteroatoms. The molecule has 0 saturated carbocycles. The molecule has 0 aliphatic carbocycles. The van der Waals surface area contributed by atoms with Crippen molar-refractivity contribution in [2.75, 3.05) is 5.75 Å². The minimum Gasteiger partial charge on any atom is -0.340 e. The number of ketones is 1. The van der Waals surface area contributed by atoms with Crippen LogP contribution >= 0.6 is 11.8 Å². The van der Waals surface area contributed by atoms with Crippen LogP contribution in [0.25, 0.3) is 0 Å². The first-order valence-electron chi connectivity index (χ1n) is 5.92. The largest absolute Gasteiger partial charge is 0.340 e. The van der Waals surface area contributed by atoms with E-state index in [1.807, 2.05) is 24.3 Å². The minimum atomic E-state index is 0.131. The molecule has 1 heterocycles. The Kier molecular flexibility index (Phi) is 4.20. The molecule has 0 spiro atoms. The van der Waals surface area contributed by atoms with E-state index in [0.717, 1.165) is 10.7 Å². The summed E-state index contributed by atoms with van der Waals surface area (Å²) in [5.41, 5.74) is 2.02. The fraction of sp³-hybridized carbons (Fsp3) is 0.286. The van der Waals surface area contributed by atoms with Crippen LogP contribution in [-0.2, 0) is 0 Å². The summed E-state index contributed by atoms with van der Waals surface area (Å²) in [6, 6.07) is 7.85. The SMILES string of the molecule is CC(C)c1ccc(C(=O)CSc2ncc[nH]2)cc1. The first-order valence-corrected chi connectivity index (χ1v) is 6.90. The van der Waals surface area contributed by atoms with E-state index in [0.29, 0.717) is 11.7 Å². The van der Waals surface area contributed by atoms with Crippen molar-refractivity contribution in [1.29, 1.82) is 0 Å². The van der Waals surface area contributed by atoms with E-state index in [1.165, 1.54) is 17.3 Å². The van der Waals surface area contributed by atoms with Crippen LogP contribution in [0.3, 0.4) is 0 Å². The number of carbonyl (C=O) groups excluding carboxylic acids is 1. The van der Waals surface area contributed by atoms with E-state index in [9.17, 15) is 4.79 Å². The third-order valence-electron chi connectivity index (χ3n) is 2.71. The summed E-state index contributed by atoms with van der Waals surface area (Å²) < 4.78 is 0. The standard InChI is InChI=1S/C14H16N2OS/c1-10(2)11-3-5-12(6-4-11)13(17)9-18-14-15-7-8-16-14/h3-8,10H,9H2,1-2H3,(H,15,16). The van der Waals surface area contributed by atoms with Gasteiger partial charge in [0.25, 0.3) is 0 Å². The Balaban J connectivity index is 1.96. The summed E-state index contributed by atoms with van der Waals surface area (Å²) in [7, 11) is 0. The molecule has 18 heavy (non-hydrogen) atoms. The third-order valence-corrected chi connectivity index (χ3v) is 3.62. The fourth-order valence-electron chi connectivity index (χ4n) is 1.60. The van der Waals surface area contributed by atoms with Crippen molar-refractivity contribution in [2.24, 2.45) is 0 Å². The summed E-state index contributed by atoms with van der Waals surface area (Å²) in [6.45, 7) is 4.28. The van der Waals surface area contributed by atoms with Crippen LogP contribution in [-0.4, -0.2) is 21.5 Å². The van der Waals surface area contributed by atoms with Crippen molar-refractivity contribution in [3.8, 4) is 0 Å². The number of aromatic nitrogens is 2. The van der Waals surface area contributed by atoms with E-state index in [4.69, 9.17) is 0 Å². The molecule has 0 radical (unpaired) electrons. The molecule has 1 N–H and O–H groups in total. The van der Waals surface area contributed by atoms with Crippen LogP contribution < -0.4 is 0 Å². The van der Waals surface area contributed by atoms with Gasteiger partial charge in [-0.15, -0.1) is 0 Å². The van der Waals surface area contributed by atoms with Gasteiger partial charge in [-0.2, -0.15) is 0 Å². The number of carbonyl (C=O) groups is 1. The normalized spacial score (nSPS) is 10.8. The maximum atomic E-state index is 12.0. The number of benzene rings is 1. The molecule has 0 unspecified atom stereocenters. The van der Waals surface area contributed by atoms with Crippen molar-refractivity contribution in [3.05, 3.63) is 47.8 Å². The molecule has 0 aliphatic rings. The lowest BCUT2D eigenvalue weighted by Crippen LogP contribution is -2.03. The molecule has 0 atom stereocenters. The minimum absolute atomic E-state index is 0.131. The van der Waals surface area contributed by atoms with Crippen LogP contribution in [0.5, 0.6) is 0 Å². The lowest BCUT2D eigenvalue weighted by molar-refractivity contribution is 0.102. The van der Waals surface area contributed by atoms with E-state index in [1.54, 1.807) is 12.4 Å². The zero-order valence-corrected chi connectivity index (χ0v) is 11.3. The van der Waals surface area contributed by atoms with Gasteiger partial charge in [-0.25, -0.2) is 4.98 Å². The van der Waals surface area contributed by atoms with Gasteiger partial charge in [-0.1, -0.05) is 49.9 Å². The third kappa shape index (κ3) is 3.23. The fourth-order valence-corrected chi connectivity index (χ4v) is 2.32. The molecule has 0 bridgehead atoms. The maximum Gasteiger partial charge on any atom is 0.173 e. The summed E-state index contributed by atoms with van der Waals surface area (Å²) >= 11 is 1.42. The number of imidazole rings is 1. The van der Waals surface area contributed by atoms with Gasteiger partial charge in [0.2, 0.25) is 0 Å². The topological polar surface area (TPSA) is 45.8 Å². The predicted molar refractivity (Wildman–Crippen MR) is 74.2 cm³/mol. The molecule has 2 aromatic rings. The van der Waals surface area contributed by atoms with Crippen LogP contribution in [0.4, 0.5) is 0 Å². The van der Waals surface area contributed by atoms with Crippen molar-refractivity contribution in [1.82, 2.24) is 9.97 Å². The van der Waals surface area contributed by atoms with E-state index < -0.39 is 0 Å². The summed E-state index contributed by atoms with van der Waals surface area (Å²) in [5.74, 6) is 1.03. The molecule has 0 aliphatic heterocycles. The Labute approximate surface area is 111 Å². The number of thioether (sulfide) groups is 1. The van der Waals surface area contributed by atoms with Gasteiger partial charge in [-0.3, -0.25) is 4.79 Å². The predicted octanol–water partition coefficient (Wildman–Crippen LogP) is 3.51. The average Bonchev–Trinajstić information content (AvgIpc) is 2.89. The van der Waals surface area contributed by atoms with Crippen LogP contribution in [0.15, 0.2) is 41.8 Å². The monoisotopic (exact) mass is 260 g/mol. The zero-order valence-electron chi connectivity index (χ0n) is 10.5. The Hall–Kier alpha value is -1.55. The van der Waals surface area contributed by atoms with Gasteiger partial charge in [0.15, 0.2) is 10.9 Å². The second kappa shape index (κ2) is 5.87. The smallest absolute Gasteiger partial charge is 0.173 e. The highest BCUT2D eigenvalue weighted by molar-refractivity contribution is 7.99. The first-order chi connectivity index (χ1) is 8.66. The van der Waals surface area contributed by atoms with Gasteiger partial charge >= 0.3 is 0 Å². The molecule has 0 fully saturated rings. The van der Waals surface area contributed by atoms with E-state index in [-0.39, 0.29) is 5.78 Å². The summed E-state index contributed by atoms with van der Waals surface area (Å²) in [6.07, 6.45) is 3.44. The number of Topliss-reactive ketones (excluding diaryl/α,β-unsaturated/α-hetero) is 1. The lowest BCUT2D eigenvalue weighted by Gasteiger charge is -2.06. The van der Waals surface area contributed by atoms with E-state index in [2.05, 4.69) is 23.8 Å². The second-order valence-electron chi connectivity index (χ2n) is 4.38. The number of rotatable bonds is 5. The van der Waals surface area contributed by atoms with Crippen LogP contribution in [0, 0.1) is 0 Å². The molecule has 0 saturated heterocycles. The van der Waals surface area contributed by atoms with Crippen LogP contribution in [0.2, 0.25) is 0 Å². The highest BCUT2D eigenvalue weighted by Gasteiger charge is 2.08. The maximum absolute atomic E-state index is 12.0. The van der Waals surface area contributed by atoms with Gasteiger partial charge in [-0.05, 0) is 11.5 Å². The Bertz CT molecular complexity index is 503. The Morgan fingerprint density at radius 3 is 2.61 bits per heavy atom. The Morgan fingerprint density at radius 1 is 1.33 bits per heavy atom. The lowest BCUT2D eigenvalue weighted by atomic mass is 10.0. The van der Waals surface area contributed by atoms with Gasteiger partial charge in [0.1, 0.15) is 0 Å². The van der Waals surface area contributed by atoms with Gasteiger partial charge in [0.05, 0.1) is 5.75 Å². The van der Waals surface area contributed by atoms with Crippen LogP contribution in [0.1, 0.15) is 35.7 Å². The molecule has 1 aromatic carbocycles. The van der Waals surface area contributed by atoms with Crippen molar-refractivity contribution in [2.45, 2.75) is 24.9 Å². The Morgan fingerprint density at radius 2 is 2.06 bits per heavy atom. The molecule has 94 valence electrons. The van der Waals surface area contributed by atoms with Crippen molar-refractivity contribution < 1.29 is 4.79 Å². The highest BCUT2D eigenvalue weighted by atomic mass is 32.2. The van der Waals surface area contributed by atoms with Crippen molar-refractivity contribution in [3.63, 3.8) is 0 Å². The number of hydrogen-bond acceptors (Lipinski definition) is 3. The van der Waals surface area contributed by atoms with E-state index >= 15 is 0 Å². The molecular weight excluding hydrogens is 244 g/mol. The molecule has 1 aromatic heterocycles. The average molecular weight is 260 g/mol. The molecule has 0 amide bonds. The van der Waals surface area contributed by atoms with Gasteiger partial charge < -0.3 is 4.98 Å².